The first kappa shape index (κ1) is 22.0. The Labute approximate surface area is 177 Å². The first-order valence-electron chi connectivity index (χ1n) is 9.55. The van der Waals surface area contributed by atoms with Crippen LogP contribution in [0.4, 0.5) is 26.3 Å². The van der Waals surface area contributed by atoms with Gasteiger partial charge in [0.15, 0.2) is 0 Å². The topological polar surface area (TPSA) is 61.9 Å². The highest BCUT2D eigenvalue weighted by molar-refractivity contribution is 5.56. The number of halogens is 6. The average molecular weight is 454 g/mol. The molecule has 1 aromatic carbocycles. The number of benzene rings is 1. The smallest absolute Gasteiger partial charge is 0.306 e. The van der Waals surface area contributed by atoms with Gasteiger partial charge in [0.05, 0.1) is 16.8 Å². The Balaban J connectivity index is 1.50. The number of pyridine rings is 1. The minimum absolute atomic E-state index is 0.183. The van der Waals surface area contributed by atoms with Gasteiger partial charge in [0, 0.05) is 37.8 Å². The van der Waals surface area contributed by atoms with Crippen LogP contribution in [0.15, 0.2) is 47.4 Å². The molecule has 0 radical (unpaired) electrons. The molecule has 3 heterocycles. The molecular weight excluding hydrogens is 438 g/mol. The number of rotatable bonds is 3. The molecule has 0 bridgehead atoms. The van der Waals surface area contributed by atoms with E-state index in [0.717, 1.165) is 24.4 Å². The van der Waals surface area contributed by atoms with E-state index in [1.54, 1.807) is 0 Å². The molecule has 0 spiro atoms. The lowest BCUT2D eigenvalue weighted by Gasteiger charge is -2.27. The van der Waals surface area contributed by atoms with E-state index >= 15 is 0 Å². The van der Waals surface area contributed by atoms with Gasteiger partial charge >= 0.3 is 12.4 Å². The maximum Gasteiger partial charge on any atom is 0.433 e. The van der Waals surface area contributed by atoms with E-state index in [1.165, 1.54) is 18.2 Å². The maximum absolute atomic E-state index is 12.7. The third-order valence-corrected chi connectivity index (χ3v) is 5.15. The Bertz CT molecular complexity index is 1170. The summed E-state index contributed by atoms with van der Waals surface area (Å²) in [6, 6.07) is 6.61. The van der Waals surface area contributed by atoms with Gasteiger partial charge < -0.3 is 4.98 Å². The summed E-state index contributed by atoms with van der Waals surface area (Å²) in [5, 5.41) is 0. The van der Waals surface area contributed by atoms with E-state index < -0.39 is 29.2 Å². The zero-order chi connectivity index (χ0) is 23.1. The maximum atomic E-state index is 12.7. The lowest BCUT2D eigenvalue weighted by atomic mass is 10.1. The van der Waals surface area contributed by atoms with Gasteiger partial charge in [-0.25, -0.2) is 4.98 Å². The number of hydrogen-bond donors (Lipinski definition) is 1. The number of nitrogens with one attached hydrogen (secondary N) is 1. The summed E-state index contributed by atoms with van der Waals surface area (Å²) in [6.07, 6.45) is -7.39. The van der Waals surface area contributed by atoms with Crippen molar-refractivity contribution >= 4 is 0 Å². The summed E-state index contributed by atoms with van der Waals surface area (Å²) in [6.45, 7) is 1.06. The summed E-state index contributed by atoms with van der Waals surface area (Å²) in [5.74, 6) is 0.183. The zero-order valence-electron chi connectivity index (χ0n) is 16.4. The number of H-pyrrole nitrogens is 1. The lowest BCUT2D eigenvalue weighted by molar-refractivity contribution is -0.141. The van der Waals surface area contributed by atoms with Gasteiger partial charge in [-0.1, -0.05) is 18.2 Å². The highest BCUT2D eigenvalue weighted by Crippen LogP contribution is 2.31. The molecule has 0 unspecified atom stereocenters. The van der Waals surface area contributed by atoms with E-state index in [4.69, 9.17) is 0 Å². The average Bonchev–Trinajstić information content (AvgIpc) is 2.73. The van der Waals surface area contributed by atoms with Crippen LogP contribution in [0.2, 0.25) is 0 Å². The van der Waals surface area contributed by atoms with Crippen LogP contribution >= 0.6 is 0 Å². The van der Waals surface area contributed by atoms with Crippen molar-refractivity contribution in [2.24, 2.45) is 0 Å². The fourth-order valence-electron chi connectivity index (χ4n) is 3.51. The molecule has 11 heteroatoms. The van der Waals surface area contributed by atoms with E-state index in [1.807, 2.05) is 4.90 Å². The molecule has 0 fully saturated rings. The fourth-order valence-corrected chi connectivity index (χ4v) is 3.51. The van der Waals surface area contributed by atoms with Gasteiger partial charge in [-0.05, 0) is 23.8 Å². The molecule has 168 valence electrons. The summed E-state index contributed by atoms with van der Waals surface area (Å²) < 4.78 is 76.2. The Hall–Kier alpha value is -3.21. The molecule has 0 aliphatic carbocycles. The van der Waals surface area contributed by atoms with Gasteiger partial charge in [-0.15, -0.1) is 0 Å². The quantitative estimate of drug-likeness (QED) is 0.595. The Morgan fingerprint density at radius 2 is 1.69 bits per heavy atom. The molecule has 32 heavy (non-hydrogen) atoms. The monoisotopic (exact) mass is 454 g/mol. The molecule has 0 saturated heterocycles. The molecule has 4 rings (SSSR count). The molecular formula is C21H16F6N4O. The van der Waals surface area contributed by atoms with Gasteiger partial charge in [0.1, 0.15) is 11.5 Å². The highest BCUT2D eigenvalue weighted by atomic mass is 19.4. The van der Waals surface area contributed by atoms with E-state index in [0.29, 0.717) is 41.9 Å². The van der Waals surface area contributed by atoms with Gasteiger partial charge in [0.2, 0.25) is 0 Å². The van der Waals surface area contributed by atoms with Crippen LogP contribution in [0.5, 0.6) is 0 Å². The van der Waals surface area contributed by atoms with Crippen LogP contribution in [0.1, 0.15) is 28.1 Å². The van der Waals surface area contributed by atoms with Crippen molar-refractivity contribution in [2.75, 3.05) is 6.54 Å². The molecule has 0 amide bonds. The Morgan fingerprint density at radius 1 is 0.969 bits per heavy atom. The molecule has 1 aliphatic rings. The first-order chi connectivity index (χ1) is 15.0. The molecule has 3 aromatic rings. The van der Waals surface area contributed by atoms with E-state index in [-0.39, 0.29) is 12.4 Å². The molecule has 2 aromatic heterocycles. The number of aromatic amines is 1. The van der Waals surface area contributed by atoms with Crippen molar-refractivity contribution in [3.63, 3.8) is 0 Å². The van der Waals surface area contributed by atoms with Crippen molar-refractivity contribution in [3.8, 4) is 11.4 Å². The van der Waals surface area contributed by atoms with E-state index in [9.17, 15) is 31.1 Å². The van der Waals surface area contributed by atoms with Crippen LogP contribution in [0, 0.1) is 0 Å². The number of alkyl halides is 6. The van der Waals surface area contributed by atoms with Crippen molar-refractivity contribution in [1.82, 2.24) is 19.9 Å². The predicted molar refractivity (Wildman–Crippen MR) is 102 cm³/mol. The molecule has 5 nitrogen and oxygen atoms in total. The van der Waals surface area contributed by atoms with Crippen molar-refractivity contribution in [2.45, 2.75) is 31.9 Å². The van der Waals surface area contributed by atoms with Crippen molar-refractivity contribution in [3.05, 3.63) is 81.0 Å². The minimum Gasteiger partial charge on any atom is -0.306 e. The predicted octanol–water partition coefficient (Wildman–Crippen LogP) is 4.43. The van der Waals surface area contributed by atoms with E-state index in [2.05, 4.69) is 15.0 Å². The van der Waals surface area contributed by atoms with Crippen LogP contribution in [0.3, 0.4) is 0 Å². The molecule has 0 saturated carbocycles. The summed E-state index contributed by atoms with van der Waals surface area (Å²) >= 11 is 0. The van der Waals surface area contributed by atoms with Crippen molar-refractivity contribution in [1.29, 1.82) is 0 Å². The molecule has 1 aliphatic heterocycles. The third-order valence-electron chi connectivity index (χ3n) is 5.15. The number of hydrogen-bond acceptors (Lipinski definition) is 4. The Kier molecular flexibility index (Phi) is 5.53. The SMILES string of the molecule is O=c1[nH]c(-c2ccc(C(F)(F)F)cc2)nc2c1CN(Cc1ccc(C(F)(F)F)nc1)CC2. The second kappa shape index (κ2) is 8.05. The van der Waals surface area contributed by atoms with Gasteiger partial charge in [-0.3, -0.25) is 14.7 Å². The second-order valence-corrected chi connectivity index (χ2v) is 7.42. The second-order valence-electron chi connectivity index (χ2n) is 7.42. The van der Waals surface area contributed by atoms with Crippen LogP contribution in [-0.2, 0) is 31.9 Å². The largest absolute Gasteiger partial charge is 0.433 e. The number of fused-ring (bicyclic) bond motifs is 1. The summed E-state index contributed by atoms with van der Waals surface area (Å²) in [4.78, 5) is 25.0. The van der Waals surface area contributed by atoms with Crippen LogP contribution in [0.25, 0.3) is 11.4 Å². The molecule has 1 N–H and O–H groups in total. The molecule has 0 atom stereocenters. The van der Waals surface area contributed by atoms with Crippen LogP contribution in [-0.4, -0.2) is 26.4 Å². The Morgan fingerprint density at radius 3 is 2.28 bits per heavy atom. The number of aromatic nitrogens is 3. The standard InChI is InChI=1S/C21H16F6N4O/c22-20(23,24)14-4-2-13(3-5-14)18-29-16-7-8-31(11-15(16)19(32)30-18)10-12-1-6-17(28-9-12)21(25,26)27/h1-6,9H,7-8,10-11H2,(H,29,30,32). The third kappa shape index (κ3) is 4.67. The normalized spacial score (nSPS) is 14.9. The van der Waals surface area contributed by atoms with Gasteiger partial charge in [-0.2, -0.15) is 26.3 Å². The summed E-state index contributed by atoms with van der Waals surface area (Å²) in [7, 11) is 0. The highest BCUT2D eigenvalue weighted by Gasteiger charge is 2.32. The fraction of sp³-hybridized carbons (Fsp3) is 0.286. The summed E-state index contributed by atoms with van der Waals surface area (Å²) in [5.41, 5.74) is -0.266. The van der Waals surface area contributed by atoms with Crippen molar-refractivity contribution < 1.29 is 26.3 Å². The lowest BCUT2D eigenvalue weighted by Crippen LogP contribution is -2.35. The number of nitrogens with zero attached hydrogens (tertiary/aromatic N) is 3. The van der Waals surface area contributed by atoms with Crippen LogP contribution < -0.4 is 5.56 Å². The minimum atomic E-state index is -4.51. The zero-order valence-corrected chi connectivity index (χ0v) is 16.4. The van der Waals surface area contributed by atoms with Gasteiger partial charge in [0.25, 0.3) is 5.56 Å². The first-order valence-corrected chi connectivity index (χ1v) is 9.55.